The highest BCUT2D eigenvalue weighted by Crippen LogP contribution is 2.14. The van der Waals surface area contributed by atoms with E-state index in [0.717, 1.165) is 30.7 Å². The third-order valence-corrected chi connectivity index (χ3v) is 4.23. The van der Waals surface area contributed by atoms with E-state index in [-0.39, 0.29) is 12.1 Å². The fraction of sp³-hybridized carbons (Fsp3) is 0.381. The summed E-state index contributed by atoms with van der Waals surface area (Å²) >= 11 is 0. The molecular formula is C21H28N2O2. The van der Waals surface area contributed by atoms with Gasteiger partial charge < -0.3 is 15.0 Å². The van der Waals surface area contributed by atoms with Crippen molar-refractivity contribution in [3.8, 4) is 5.75 Å². The monoisotopic (exact) mass is 340 g/mol. The third-order valence-electron chi connectivity index (χ3n) is 4.23. The second-order valence-corrected chi connectivity index (χ2v) is 6.22. The Morgan fingerprint density at radius 1 is 1.12 bits per heavy atom. The Balaban J connectivity index is 1.85. The van der Waals surface area contributed by atoms with E-state index in [0.29, 0.717) is 6.54 Å². The van der Waals surface area contributed by atoms with Gasteiger partial charge in [0, 0.05) is 19.1 Å². The molecule has 2 aromatic carbocycles. The zero-order chi connectivity index (χ0) is 18.1. The number of carbonyl (C=O) groups is 1. The topological polar surface area (TPSA) is 41.6 Å². The Bertz CT molecular complexity index is 658. The van der Waals surface area contributed by atoms with Crippen LogP contribution in [0.5, 0.6) is 5.75 Å². The zero-order valence-electron chi connectivity index (χ0n) is 15.4. The van der Waals surface area contributed by atoms with Crippen LogP contribution in [0.4, 0.5) is 4.79 Å². The summed E-state index contributed by atoms with van der Waals surface area (Å²) in [6.07, 6.45) is 1.64. The van der Waals surface area contributed by atoms with Crippen molar-refractivity contribution in [3.05, 3.63) is 65.7 Å². The number of rotatable bonds is 8. The van der Waals surface area contributed by atoms with Gasteiger partial charge in [-0.25, -0.2) is 4.79 Å². The van der Waals surface area contributed by atoms with Crippen molar-refractivity contribution in [2.45, 2.75) is 32.7 Å². The fourth-order valence-corrected chi connectivity index (χ4v) is 2.82. The SMILES string of the molecule is CCN(CCc1ccccc1)C(=O)NC(C)Cc1cccc(OC)c1. The van der Waals surface area contributed by atoms with Gasteiger partial charge in [-0.15, -0.1) is 0 Å². The molecular weight excluding hydrogens is 312 g/mol. The predicted molar refractivity (Wildman–Crippen MR) is 102 cm³/mol. The summed E-state index contributed by atoms with van der Waals surface area (Å²) in [5, 5.41) is 3.10. The second kappa shape index (κ2) is 9.72. The summed E-state index contributed by atoms with van der Waals surface area (Å²) in [5.74, 6) is 0.842. The van der Waals surface area contributed by atoms with Gasteiger partial charge in [-0.1, -0.05) is 42.5 Å². The van der Waals surface area contributed by atoms with Crippen molar-refractivity contribution in [3.63, 3.8) is 0 Å². The molecule has 0 aromatic heterocycles. The quantitative estimate of drug-likeness (QED) is 0.792. The van der Waals surface area contributed by atoms with Gasteiger partial charge in [-0.2, -0.15) is 0 Å². The molecule has 1 atom stereocenters. The molecule has 0 radical (unpaired) electrons. The standard InChI is InChI=1S/C21H28N2O2/c1-4-23(14-13-18-9-6-5-7-10-18)21(24)22-17(2)15-19-11-8-12-20(16-19)25-3/h5-12,16-17H,4,13-15H2,1-3H3,(H,22,24). The molecule has 0 aliphatic carbocycles. The molecule has 4 nitrogen and oxygen atoms in total. The molecule has 2 amide bonds. The maximum Gasteiger partial charge on any atom is 0.317 e. The van der Waals surface area contributed by atoms with Crippen LogP contribution >= 0.6 is 0 Å². The van der Waals surface area contributed by atoms with Gasteiger partial charge in [0.2, 0.25) is 0 Å². The summed E-state index contributed by atoms with van der Waals surface area (Å²) in [6.45, 7) is 5.46. The molecule has 0 bridgehead atoms. The lowest BCUT2D eigenvalue weighted by molar-refractivity contribution is 0.197. The number of hydrogen-bond acceptors (Lipinski definition) is 2. The highest BCUT2D eigenvalue weighted by molar-refractivity contribution is 5.74. The summed E-state index contributed by atoms with van der Waals surface area (Å²) < 4.78 is 5.25. The van der Waals surface area contributed by atoms with Crippen molar-refractivity contribution >= 4 is 6.03 Å². The van der Waals surface area contributed by atoms with E-state index in [1.165, 1.54) is 5.56 Å². The Kier molecular flexibility index (Phi) is 7.33. The number of likely N-dealkylation sites (N-methyl/N-ethyl adjacent to an activating group) is 1. The number of amides is 2. The third kappa shape index (κ3) is 6.14. The van der Waals surface area contributed by atoms with E-state index < -0.39 is 0 Å². The molecule has 0 aliphatic rings. The summed E-state index contributed by atoms with van der Waals surface area (Å²) in [5.41, 5.74) is 2.40. The first-order valence-electron chi connectivity index (χ1n) is 8.84. The molecule has 0 saturated heterocycles. The first-order chi connectivity index (χ1) is 12.1. The van der Waals surface area contributed by atoms with E-state index in [9.17, 15) is 4.79 Å². The van der Waals surface area contributed by atoms with E-state index in [1.807, 2.05) is 55.1 Å². The minimum Gasteiger partial charge on any atom is -0.497 e. The normalized spacial score (nSPS) is 11.6. The molecule has 0 saturated carbocycles. The van der Waals surface area contributed by atoms with Gasteiger partial charge >= 0.3 is 6.03 Å². The Hall–Kier alpha value is -2.49. The lowest BCUT2D eigenvalue weighted by Gasteiger charge is -2.24. The average Bonchev–Trinajstić information content (AvgIpc) is 2.63. The predicted octanol–water partition coefficient (Wildman–Crippen LogP) is 3.90. The van der Waals surface area contributed by atoms with Crippen molar-refractivity contribution in [2.24, 2.45) is 0 Å². The smallest absolute Gasteiger partial charge is 0.317 e. The van der Waals surface area contributed by atoms with E-state index in [4.69, 9.17) is 4.74 Å². The van der Waals surface area contributed by atoms with Gasteiger partial charge in [0.15, 0.2) is 0 Å². The summed E-state index contributed by atoms with van der Waals surface area (Å²) in [7, 11) is 1.66. The average molecular weight is 340 g/mol. The van der Waals surface area contributed by atoms with E-state index in [2.05, 4.69) is 23.5 Å². The summed E-state index contributed by atoms with van der Waals surface area (Å²) in [6, 6.07) is 18.3. The number of carbonyl (C=O) groups excluding carboxylic acids is 1. The minimum absolute atomic E-state index is 0.00572. The number of benzene rings is 2. The number of nitrogens with one attached hydrogen (secondary N) is 1. The zero-order valence-corrected chi connectivity index (χ0v) is 15.4. The van der Waals surface area contributed by atoms with Crippen LogP contribution < -0.4 is 10.1 Å². The lowest BCUT2D eigenvalue weighted by atomic mass is 10.1. The van der Waals surface area contributed by atoms with E-state index in [1.54, 1.807) is 7.11 Å². The van der Waals surface area contributed by atoms with E-state index >= 15 is 0 Å². The van der Waals surface area contributed by atoms with Crippen LogP contribution in [0.2, 0.25) is 0 Å². The van der Waals surface area contributed by atoms with Crippen molar-refractivity contribution < 1.29 is 9.53 Å². The molecule has 0 heterocycles. The lowest BCUT2D eigenvalue weighted by Crippen LogP contribution is -2.45. The molecule has 25 heavy (non-hydrogen) atoms. The largest absolute Gasteiger partial charge is 0.497 e. The highest BCUT2D eigenvalue weighted by atomic mass is 16.5. The number of nitrogens with zero attached hydrogens (tertiary/aromatic N) is 1. The van der Waals surface area contributed by atoms with Crippen LogP contribution in [0.15, 0.2) is 54.6 Å². The Morgan fingerprint density at radius 3 is 2.52 bits per heavy atom. The molecule has 1 unspecified atom stereocenters. The van der Waals surface area contributed by atoms with Gasteiger partial charge in [0.05, 0.1) is 7.11 Å². The van der Waals surface area contributed by atoms with Gasteiger partial charge in [0.1, 0.15) is 5.75 Å². The highest BCUT2D eigenvalue weighted by Gasteiger charge is 2.14. The molecule has 0 fully saturated rings. The van der Waals surface area contributed by atoms with Crippen molar-refractivity contribution in [2.75, 3.05) is 20.2 Å². The van der Waals surface area contributed by atoms with Crippen LogP contribution in [-0.4, -0.2) is 37.2 Å². The first-order valence-corrected chi connectivity index (χ1v) is 8.84. The number of urea groups is 1. The number of ether oxygens (including phenoxy) is 1. The van der Waals surface area contributed by atoms with Gasteiger partial charge in [-0.3, -0.25) is 0 Å². The Morgan fingerprint density at radius 2 is 1.84 bits per heavy atom. The maximum atomic E-state index is 12.5. The van der Waals surface area contributed by atoms with Crippen LogP contribution in [0, 0.1) is 0 Å². The number of hydrogen-bond donors (Lipinski definition) is 1. The Labute approximate surface area is 150 Å². The number of methoxy groups -OCH3 is 1. The van der Waals surface area contributed by atoms with Crippen molar-refractivity contribution in [1.82, 2.24) is 10.2 Å². The summed E-state index contributed by atoms with van der Waals surface area (Å²) in [4.78, 5) is 14.4. The van der Waals surface area contributed by atoms with Crippen LogP contribution in [0.25, 0.3) is 0 Å². The van der Waals surface area contributed by atoms with Crippen LogP contribution in [0.3, 0.4) is 0 Å². The molecule has 2 rings (SSSR count). The van der Waals surface area contributed by atoms with Crippen LogP contribution in [-0.2, 0) is 12.8 Å². The molecule has 1 N–H and O–H groups in total. The molecule has 0 spiro atoms. The fourth-order valence-electron chi connectivity index (χ4n) is 2.82. The molecule has 4 heteroatoms. The minimum atomic E-state index is -0.00572. The molecule has 134 valence electrons. The second-order valence-electron chi connectivity index (χ2n) is 6.22. The van der Waals surface area contributed by atoms with Gasteiger partial charge in [-0.05, 0) is 49.9 Å². The molecule has 2 aromatic rings. The van der Waals surface area contributed by atoms with Gasteiger partial charge in [0.25, 0.3) is 0 Å². The van der Waals surface area contributed by atoms with Crippen LogP contribution in [0.1, 0.15) is 25.0 Å². The first kappa shape index (κ1) is 18.8. The maximum absolute atomic E-state index is 12.5. The van der Waals surface area contributed by atoms with Crippen molar-refractivity contribution in [1.29, 1.82) is 0 Å². The molecule has 0 aliphatic heterocycles.